The molecule has 5 nitrogen and oxygen atoms in total. The largest absolute Gasteiger partial charge is 0.508 e. The van der Waals surface area contributed by atoms with E-state index in [0.29, 0.717) is 6.42 Å². The summed E-state index contributed by atoms with van der Waals surface area (Å²) in [5, 5.41) is 9.18. The van der Waals surface area contributed by atoms with Gasteiger partial charge in [-0.25, -0.2) is 4.79 Å². The average Bonchev–Trinajstić information content (AvgIpc) is 2.74. The zero-order valence-corrected chi connectivity index (χ0v) is 13.1. The van der Waals surface area contributed by atoms with Crippen molar-refractivity contribution in [3.63, 3.8) is 0 Å². The number of phenols is 1. The highest BCUT2D eigenvalue weighted by Gasteiger charge is 2.50. The van der Waals surface area contributed by atoms with Crippen LogP contribution in [0.2, 0.25) is 0 Å². The molecule has 0 amide bonds. The summed E-state index contributed by atoms with van der Waals surface area (Å²) in [6, 6.07) is 6.39. The monoisotopic (exact) mass is 390 g/mol. The van der Waals surface area contributed by atoms with E-state index in [1.54, 1.807) is 19.1 Å². The predicted octanol–water partition coefficient (Wildman–Crippen LogP) is 2.33. The van der Waals surface area contributed by atoms with Crippen molar-refractivity contribution in [2.24, 2.45) is 0 Å². The minimum Gasteiger partial charge on any atom is -0.508 e. The molecule has 1 aliphatic rings. The van der Waals surface area contributed by atoms with Crippen molar-refractivity contribution >= 4 is 34.3 Å². The maximum atomic E-state index is 12.2. The Morgan fingerprint density at radius 3 is 2.65 bits per heavy atom. The zero-order valence-electron chi connectivity index (χ0n) is 11.0. The molecule has 1 saturated heterocycles. The number of carbonyl (C=O) groups is 2. The summed E-state index contributed by atoms with van der Waals surface area (Å²) in [6.45, 7) is 1.88. The molecule has 1 aliphatic heterocycles. The number of benzene rings is 1. The SMILES string of the molecule is CCC1(C(=O)OCc2ccc(O)cc2)CC(=O)C(I)O1. The van der Waals surface area contributed by atoms with Gasteiger partial charge in [-0.1, -0.05) is 19.1 Å². The second kappa shape index (κ2) is 6.09. The van der Waals surface area contributed by atoms with Gasteiger partial charge in [0.25, 0.3) is 0 Å². The molecule has 1 fully saturated rings. The van der Waals surface area contributed by atoms with Crippen LogP contribution < -0.4 is 0 Å². The normalized spacial score (nSPS) is 25.7. The van der Waals surface area contributed by atoms with Crippen LogP contribution in [-0.2, 0) is 25.7 Å². The van der Waals surface area contributed by atoms with Crippen LogP contribution in [0, 0.1) is 0 Å². The van der Waals surface area contributed by atoms with Crippen molar-refractivity contribution in [1.82, 2.24) is 0 Å². The Balaban J connectivity index is 2.00. The third-order valence-corrected chi connectivity index (χ3v) is 4.24. The van der Waals surface area contributed by atoms with Gasteiger partial charge in [-0.3, -0.25) is 4.79 Å². The zero-order chi connectivity index (χ0) is 14.8. The van der Waals surface area contributed by atoms with E-state index in [1.807, 2.05) is 22.6 Å². The van der Waals surface area contributed by atoms with Gasteiger partial charge < -0.3 is 14.6 Å². The van der Waals surface area contributed by atoms with Crippen molar-refractivity contribution in [3.8, 4) is 5.75 Å². The topological polar surface area (TPSA) is 72.8 Å². The van der Waals surface area contributed by atoms with E-state index in [-0.39, 0.29) is 24.6 Å². The number of aromatic hydroxyl groups is 1. The number of carbonyl (C=O) groups excluding carboxylic acids is 2. The van der Waals surface area contributed by atoms with Crippen molar-refractivity contribution in [2.75, 3.05) is 0 Å². The summed E-state index contributed by atoms with van der Waals surface area (Å²) >= 11 is 1.88. The molecule has 1 aromatic rings. The van der Waals surface area contributed by atoms with Gasteiger partial charge in [0.1, 0.15) is 12.4 Å². The second-order valence-electron chi connectivity index (χ2n) is 4.67. The fourth-order valence-electron chi connectivity index (χ4n) is 2.01. The second-order valence-corrected chi connectivity index (χ2v) is 5.80. The number of halogens is 1. The molecular weight excluding hydrogens is 375 g/mol. The number of hydrogen-bond acceptors (Lipinski definition) is 5. The van der Waals surface area contributed by atoms with Gasteiger partial charge in [-0.15, -0.1) is 0 Å². The molecule has 108 valence electrons. The van der Waals surface area contributed by atoms with E-state index in [1.165, 1.54) is 12.1 Å². The molecule has 6 heteroatoms. The lowest BCUT2D eigenvalue weighted by molar-refractivity contribution is -0.169. The molecule has 0 radical (unpaired) electrons. The molecule has 0 aromatic heterocycles. The fraction of sp³-hybridized carbons (Fsp3) is 0.429. The summed E-state index contributed by atoms with van der Waals surface area (Å²) in [5.41, 5.74) is -0.391. The fourth-order valence-corrected chi connectivity index (χ4v) is 2.72. The molecule has 1 aromatic carbocycles. The molecule has 1 N–H and O–H groups in total. The number of alkyl halides is 1. The minimum atomic E-state index is -1.15. The van der Waals surface area contributed by atoms with Gasteiger partial charge in [-0.2, -0.15) is 0 Å². The number of phenolic OH excluding ortho intramolecular Hbond substituents is 1. The minimum absolute atomic E-state index is 0.0610. The van der Waals surface area contributed by atoms with Crippen LogP contribution >= 0.6 is 22.6 Å². The number of esters is 1. The Morgan fingerprint density at radius 1 is 1.50 bits per heavy atom. The Kier molecular flexibility index (Phi) is 4.64. The Hall–Kier alpha value is -1.15. The number of ketones is 1. The van der Waals surface area contributed by atoms with Gasteiger partial charge in [-0.05, 0) is 46.7 Å². The molecular formula is C14H15IO5. The third-order valence-electron chi connectivity index (χ3n) is 3.29. The van der Waals surface area contributed by atoms with Crippen LogP contribution in [0.4, 0.5) is 0 Å². The summed E-state index contributed by atoms with van der Waals surface area (Å²) in [5.74, 6) is -0.447. The number of Topliss-reactive ketones (excluding diaryl/α,β-unsaturated/α-hetero) is 1. The highest BCUT2D eigenvalue weighted by atomic mass is 127. The van der Waals surface area contributed by atoms with E-state index < -0.39 is 15.7 Å². The maximum Gasteiger partial charge on any atom is 0.339 e. The molecule has 2 atom stereocenters. The summed E-state index contributed by atoms with van der Waals surface area (Å²) in [6.07, 6.45) is 0.457. The van der Waals surface area contributed by atoms with Crippen molar-refractivity contribution in [3.05, 3.63) is 29.8 Å². The number of rotatable bonds is 4. The molecule has 2 unspecified atom stereocenters. The predicted molar refractivity (Wildman–Crippen MR) is 79.4 cm³/mol. The smallest absolute Gasteiger partial charge is 0.339 e. The first-order valence-electron chi connectivity index (χ1n) is 6.26. The molecule has 0 aliphatic carbocycles. The Labute approximate surface area is 130 Å². The first-order chi connectivity index (χ1) is 9.47. The van der Waals surface area contributed by atoms with E-state index in [9.17, 15) is 14.7 Å². The summed E-state index contributed by atoms with van der Waals surface area (Å²) in [7, 11) is 0. The van der Waals surface area contributed by atoms with E-state index in [2.05, 4.69) is 0 Å². The van der Waals surface area contributed by atoms with Crippen LogP contribution in [-0.4, -0.2) is 26.6 Å². The maximum absolute atomic E-state index is 12.2. The lowest BCUT2D eigenvalue weighted by Gasteiger charge is -2.24. The van der Waals surface area contributed by atoms with Gasteiger partial charge in [0.05, 0.1) is 0 Å². The third kappa shape index (κ3) is 3.12. The van der Waals surface area contributed by atoms with Crippen molar-refractivity contribution in [1.29, 1.82) is 0 Å². The molecule has 0 spiro atoms. The summed E-state index contributed by atoms with van der Waals surface area (Å²) < 4.78 is 10.2. The first kappa shape index (κ1) is 15.2. The van der Waals surface area contributed by atoms with Crippen LogP contribution in [0.3, 0.4) is 0 Å². The van der Waals surface area contributed by atoms with Gasteiger partial charge >= 0.3 is 5.97 Å². The van der Waals surface area contributed by atoms with E-state index >= 15 is 0 Å². The lowest BCUT2D eigenvalue weighted by Crippen LogP contribution is -2.39. The van der Waals surface area contributed by atoms with Crippen molar-refractivity contribution in [2.45, 2.75) is 36.1 Å². The molecule has 1 heterocycles. The molecule has 2 rings (SSSR count). The molecule has 20 heavy (non-hydrogen) atoms. The standard InChI is InChI=1S/C14H15IO5/c1-2-14(7-11(17)12(15)20-14)13(18)19-8-9-3-5-10(16)6-4-9/h3-6,12,16H,2,7-8H2,1H3. The lowest BCUT2D eigenvalue weighted by atomic mass is 9.97. The van der Waals surface area contributed by atoms with E-state index in [0.717, 1.165) is 5.56 Å². The summed E-state index contributed by atoms with van der Waals surface area (Å²) in [4.78, 5) is 23.8. The molecule has 0 saturated carbocycles. The number of ether oxygens (including phenoxy) is 2. The van der Waals surface area contributed by atoms with Gasteiger partial charge in [0.2, 0.25) is 0 Å². The van der Waals surface area contributed by atoms with E-state index in [4.69, 9.17) is 9.47 Å². The van der Waals surface area contributed by atoms with Gasteiger partial charge in [0.15, 0.2) is 15.5 Å². The van der Waals surface area contributed by atoms with Crippen LogP contribution in [0.5, 0.6) is 5.75 Å². The van der Waals surface area contributed by atoms with Gasteiger partial charge in [0, 0.05) is 6.42 Å². The van der Waals surface area contributed by atoms with Crippen molar-refractivity contribution < 1.29 is 24.2 Å². The highest BCUT2D eigenvalue weighted by molar-refractivity contribution is 14.1. The average molecular weight is 390 g/mol. The Bertz CT molecular complexity index is 513. The van der Waals surface area contributed by atoms with Crippen LogP contribution in [0.25, 0.3) is 0 Å². The molecule has 0 bridgehead atoms. The first-order valence-corrected chi connectivity index (χ1v) is 7.51. The quantitative estimate of drug-likeness (QED) is 0.486. The van der Waals surface area contributed by atoms with Crippen LogP contribution in [0.15, 0.2) is 24.3 Å². The van der Waals surface area contributed by atoms with Crippen LogP contribution in [0.1, 0.15) is 25.3 Å². The highest BCUT2D eigenvalue weighted by Crippen LogP contribution is 2.35. The number of hydrogen-bond donors (Lipinski definition) is 1. The Morgan fingerprint density at radius 2 is 2.15 bits per heavy atom.